The molecule has 2 amide bonds. The molecule has 1 aliphatic rings. The van der Waals surface area contributed by atoms with Gasteiger partial charge < -0.3 is 20.3 Å². The molecule has 11 heteroatoms. The number of carbonyl (C=O) groups excluding carboxylic acids is 2. The summed E-state index contributed by atoms with van der Waals surface area (Å²) < 4.78 is 7.23. The molecule has 2 N–H and O–H groups in total. The highest BCUT2D eigenvalue weighted by molar-refractivity contribution is 6.04. The van der Waals surface area contributed by atoms with Crippen LogP contribution in [-0.2, 0) is 0 Å². The molecule has 0 atom stereocenters. The predicted molar refractivity (Wildman–Crippen MR) is 162 cm³/mol. The number of pyridine rings is 4. The van der Waals surface area contributed by atoms with E-state index in [2.05, 4.69) is 37.5 Å². The second-order valence-electron chi connectivity index (χ2n) is 10.3. The first-order valence-electron chi connectivity index (χ1n) is 13.9. The molecule has 0 saturated carbocycles. The molecule has 5 aromatic rings. The van der Waals surface area contributed by atoms with Crippen LogP contribution >= 0.6 is 0 Å². The summed E-state index contributed by atoms with van der Waals surface area (Å²) >= 11 is 0. The van der Waals surface area contributed by atoms with Gasteiger partial charge in [0.2, 0.25) is 5.88 Å². The van der Waals surface area contributed by atoms with E-state index in [0.717, 1.165) is 31.3 Å². The lowest BCUT2D eigenvalue weighted by molar-refractivity contribution is 0.0911. The average Bonchev–Trinajstić information content (AvgIpc) is 3.03. The number of piperidine rings is 1. The summed E-state index contributed by atoms with van der Waals surface area (Å²) in [5.74, 6) is 0.566. The number of aromatic nitrogens is 4. The van der Waals surface area contributed by atoms with E-state index in [9.17, 15) is 14.4 Å². The van der Waals surface area contributed by atoms with Gasteiger partial charge in [-0.25, -0.2) is 15.0 Å². The number of nitrogens with one attached hydrogen (secondary N) is 2. The second kappa shape index (κ2) is 12.2. The van der Waals surface area contributed by atoms with E-state index < -0.39 is 11.5 Å². The first-order chi connectivity index (χ1) is 20.9. The smallest absolute Gasteiger partial charge is 0.270 e. The number of amides is 2. The van der Waals surface area contributed by atoms with E-state index in [-0.39, 0.29) is 17.5 Å². The number of carbonyl (C=O) groups is 2. The molecule has 1 aliphatic heterocycles. The number of anilines is 1. The van der Waals surface area contributed by atoms with Crippen LogP contribution in [-0.4, -0.2) is 62.4 Å². The van der Waals surface area contributed by atoms with Crippen LogP contribution in [0.15, 0.2) is 96.2 Å². The lowest BCUT2D eigenvalue weighted by Gasteiger charge is -2.29. The quantitative estimate of drug-likeness (QED) is 0.297. The van der Waals surface area contributed by atoms with Crippen molar-refractivity contribution in [2.45, 2.75) is 18.9 Å². The molecule has 4 aromatic heterocycles. The molecule has 43 heavy (non-hydrogen) atoms. The first-order valence-corrected chi connectivity index (χ1v) is 13.9. The third-order valence-electron chi connectivity index (χ3n) is 7.26. The van der Waals surface area contributed by atoms with Crippen LogP contribution in [0.3, 0.4) is 0 Å². The van der Waals surface area contributed by atoms with Gasteiger partial charge in [0.15, 0.2) is 0 Å². The molecule has 0 aliphatic carbocycles. The van der Waals surface area contributed by atoms with Gasteiger partial charge in [-0.1, -0.05) is 6.07 Å². The summed E-state index contributed by atoms with van der Waals surface area (Å²) in [7, 11) is 2.08. The van der Waals surface area contributed by atoms with E-state index in [1.165, 1.54) is 10.6 Å². The van der Waals surface area contributed by atoms with E-state index in [4.69, 9.17) is 4.74 Å². The highest BCUT2D eigenvalue weighted by atomic mass is 16.5. The van der Waals surface area contributed by atoms with Crippen molar-refractivity contribution < 1.29 is 14.3 Å². The van der Waals surface area contributed by atoms with Crippen molar-refractivity contribution in [3.63, 3.8) is 0 Å². The molecule has 1 saturated heterocycles. The van der Waals surface area contributed by atoms with Crippen molar-refractivity contribution in [2.75, 3.05) is 25.5 Å². The highest BCUT2D eigenvalue weighted by Crippen LogP contribution is 2.24. The maximum Gasteiger partial charge on any atom is 0.270 e. The number of benzene rings is 1. The van der Waals surface area contributed by atoms with Gasteiger partial charge in [0.25, 0.3) is 17.4 Å². The van der Waals surface area contributed by atoms with Crippen LogP contribution in [0.4, 0.5) is 5.69 Å². The number of fused-ring (bicyclic) bond motifs is 1. The maximum absolute atomic E-state index is 12.9. The van der Waals surface area contributed by atoms with Crippen LogP contribution in [0.2, 0.25) is 0 Å². The monoisotopic (exact) mass is 575 g/mol. The van der Waals surface area contributed by atoms with Crippen LogP contribution in [0.5, 0.6) is 11.6 Å². The Balaban J connectivity index is 1.09. The van der Waals surface area contributed by atoms with Crippen molar-refractivity contribution in [3.05, 3.63) is 113 Å². The van der Waals surface area contributed by atoms with Gasteiger partial charge in [0, 0.05) is 35.6 Å². The molecule has 0 spiro atoms. The fourth-order valence-electron chi connectivity index (χ4n) is 4.87. The van der Waals surface area contributed by atoms with E-state index in [1.807, 2.05) is 6.07 Å². The molecule has 5 heterocycles. The largest absolute Gasteiger partial charge is 0.439 e. The number of ether oxygens (including phenoxy) is 1. The zero-order chi connectivity index (χ0) is 29.8. The van der Waals surface area contributed by atoms with Gasteiger partial charge in [-0.05, 0) is 93.6 Å². The molecule has 216 valence electrons. The Morgan fingerprint density at radius 1 is 0.930 bits per heavy atom. The van der Waals surface area contributed by atoms with Crippen LogP contribution < -0.4 is 20.9 Å². The molecule has 1 fully saturated rings. The molecular weight excluding hydrogens is 546 g/mol. The van der Waals surface area contributed by atoms with Crippen molar-refractivity contribution in [1.29, 1.82) is 0 Å². The Morgan fingerprint density at radius 2 is 1.74 bits per heavy atom. The number of nitrogens with zero attached hydrogens (tertiary/aromatic N) is 5. The molecule has 11 nitrogen and oxygen atoms in total. The van der Waals surface area contributed by atoms with E-state index in [0.29, 0.717) is 34.3 Å². The fraction of sp³-hybridized carbons (Fsp3) is 0.188. The summed E-state index contributed by atoms with van der Waals surface area (Å²) in [6, 6.07) is 20.5. The molecule has 0 unspecified atom stereocenters. The fourth-order valence-corrected chi connectivity index (χ4v) is 4.87. The topological polar surface area (TPSA) is 131 Å². The summed E-state index contributed by atoms with van der Waals surface area (Å²) in [4.78, 5) is 53.8. The maximum atomic E-state index is 12.9. The lowest BCUT2D eigenvalue weighted by atomic mass is 10.1. The molecule has 0 bridgehead atoms. The summed E-state index contributed by atoms with van der Waals surface area (Å²) in [6.07, 6.45) is 6.56. The Kier molecular flexibility index (Phi) is 7.88. The standard InChI is InChI=1S/C32H29N7O4/c1-38-17-13-23(14-18-38)36-31(41)26-19-21-7-12-29(37-27(21)20-34-26)43-24-10-8-22(9-11-24)35-30(40)25-5-4-16-39(32(25)42)28-6-2-3-15-33-28/h2-12,15-16,19-20,23H,13-14,17-18H2,1H3,(H,35,40)(H,36,41). The van der Waals surface area contributed by atoms with Gasteiger partial charge >= 0.3 is 0 Å². The third-order valence-corrected chi connectivity index (χ3v) is 7.26. The van der Waals surface area contributed by atoms with Crippen LogP contribution in [0.1, 0.15) is 33.7 Å². The molecule has 6 rings (SSSR count). The minimum atomic E-state index is -0.535. The number of hydrogen-bond acceptors (Lipinski definition) is 8. The minimum absolute atomic E-state index is 0.00934. The summed E-state index contributed by atoms with van der Waals surface area (Å²) in [6.45, 7) is 1.92. The average molecular weight is 576 g/mol. The van der Waals surface area contributed by atoms with Crippen molar-refractivity contribution >= 4 is 28.4 Å². The van der Waals surface area contributed by atoms with E-state index >= 15 is 0 Å². The lowest BCUT2D eigenvalue weighted by Crippen LogP contribution is -2.43. The summed E-state index contributed by atoms with van der Waals surface area (Å²) in [5.41, 5.74) is 0.958. The zero-order valence-corrected chi connectivity index (χ0v) is 23.4. The Morgan fingerprint density at radius 3 is 2.51 bits per heavy atom. The Bertz CT molecular complexity index is 1830. The van der Waals surface area contributed by atoms with Crippen molar-refractivity contribution in [2.24, 2.45) is 0 Å². The van der Waals surface area contributed by atoms with Crippen molar-refractivity contribution in [1.82, 2.24) is 29.7 Å². The van der Waals surface area contributed by atoms with E-state index in [1.54, 1.807) is 79.3 Å². The number of likely N-dealkylation sites (tertiary alicyclic amines) is 1. The number of rotatable bonds is 7. The molecule has 1 aromatic carbocycles. The van der Waals surface area contributed by atoms with Crippen LogP contribution in [0.25, 0.3) is 16.7 Å². The Hall–Kier alpha value is -5.42. The van der Waals surface area contributed by atoms with Gasteiger partial charge in [-0.3, -0.25) is 19.0 Å². The highest BCUT2D eigenvalue weighted by Gasteiger charge is 2.20. The van der Waals surface area contributed by atoms with Gasteiger partial charge in [-0.15, -0.1) is 0 Å². The second-order valence-corrected chi connectivity index (χ2v) is 10.3. The summed E-state index contributed by atoms with van der Waals surface area (Å²) in [5, 5.41) is 6.61. The molecular formula is C32H29N7O4. The van der Waals surface area contributed by atoms with Gasteiger partial charge in [-0.2, -0.15) is 0 Å². The van der Waals surface area contributed by atoms with Gasteiger partial charge in [0.1, 0.15) is 22.8 Å². The van der Waals surface area contributed by atoms with Crippen molar-refractivity contribution in [3.8, 4) is 17.4 Å². The predicted octanol–water partition coefficient (Wildman–Crippen LogP) is 4.04. The third kappa shape index (κ3) is 6.41. The Labute approximate surface area is 247 Å². The zero-order valence-electron chi connectivity index (χ0n) is 23.4. The SMILES string of the molecule is CN1CCC(NC(=O)c2cc3ccc(Oc4ccc(NC(=O)c5cccn(-c6ccccn6)c5=O)cc4)nc3cn2)CC1. The number of hydrogen-bond donors (Lipinski definition) is 2. The minimum Gasteiger partial charge on any atom is -0.439 e. The normalized spacial score (nSPS) is 13.9. The van der Waals surface area contributed by atoms with Crippen LogP contribution in [0, 0.1) is 0 Å². The van der Waals surface area contributed by atoms with Gasteiger partial charge in [0.05, 0.1) is 11.7 Å². The first kappa shape index (κ1) is 27.7. The molecule has 0 radical (unpaired) electrons.